The molecule has 0 amide bonds. The van der Waals surface area contributed by atoms with Crippen molar-refractivity contribution in [2.24, 2.45) is 0 Å². The van der Waals surface area contributed by atoms with Gasteiger partial charge in [0.15, 0.2) is 0 Å². The topological polar surface area (TPSA) is 62.6 Å². The maximum absolute atomic E-state index is 11.7. The van der Waals surface area contributed by atoms with Crippen LogP contribution in [0.2, 0.25) is 5.02 Å². The number of nitrogens with zero attached hydrogens (tertiary/aromatic N) is 2. The van der Waals surface area contributed by atoms with Crippen LogP contribution < -0.4 is 0 Å². The quantitative estimate of drug-likeness (QED) is 0.792. The van der Waals surface area contributed by atoms with Crippen molar-refractivity contribution in [1.29, 1.82) is 5.26 Å². The van der Waals surface area contributed by atoms with Gasteiger partial charge in [-0.15, -0.1) is 0 Å². The summed E-state index contributed by atoms with van der Waals surface area (Å²) >= 11 is 6.16. The van der Waals surface area contributed by atoms with Crippen LogP contribution >= 0.6 is 11.6 Å². The lowest BCUT2D eigenvalue weighted by atomic mass is 10.1. The molecule has 1 heterocycles. The summed E-state index contributed by atoms with van der Waals surface area (Å²) in [4.78, 5) is 13.7. The van der Waals surface area contributed by atoms with Gasteiger partial charge in [-0.1, -0.05) is 17.7 Å². The van der Waals surface area contributed by atoms with Crippen LogP contribution in [0.1, 0.15) is 11.1 Å². The van der Waals surface area contributed by atoms with Crippen LogP contribution in [0.15, 0.2) is 18.2 Å². The molecule has 1 saturated heterocycles. The highest BCUT2D eigenvalue weighted by Gasteiger charge is 2.30. The highest BCUT2D eigenvalue weighted by atomic mass is 35.5. The minimum atomic E-state index is -0.416. The molecule has 0 saturated carbocycles. The zero-order valence-electron chi connectivity index (χ0n) is 11.1. The summed E-state index contributed by atoms with van der Waals surface area (Å²) in [5, 5.41) is 9.35. The second kappa shape index (κ2) is 6.71. The fourth-order valence-electron chi connectivity index (χ4n) is 2.14. The summed E-state index contributed by atoms with van der Waals surface area (Å²) in [6.07, 6.45) is 0. The van der Waals surface area contributed by atoms with Crippen molar-refractivity contribution in [3.05, 3.63) is 34.3 Å². The second-order valence-electron chi connectivity index (χ2n) is 4.50. The number of rotatable bonds is 3. The predicted octanol–water partition coefficient (Wildman–Crippen LogP) is 1.59. The normalized spacial score (nSPS) is 19.4. The minimum Gasteiger partial charge on any atom is -0.468 e. The maximum Gasteiger partial charge on any atom is 0.325 e. The number of hydrogen-bond donors (Lipinski definition) is 0. The maximum atomic E-state index is 11.7. The van der Waals surface area contributed by atoms with Crippen molar-refractivity contribution in [2.75, 3.05) is 26.9 Å². The Morgan fingerprint density at radius 3 is 3.10 bits per heavy atom. The Hall–Kier alpha value is -1.61. The molecular weight excluding hydrogens is 280 g/mol. The summed E-state index contributed by atoms with van der Waals surface area (Å²) in [5.41, 5.74) is 1.40. The molecular formula is C14H15ClN2O3. The van der Waals surface area contributed by atoms with E-state index >= 15 is 0 Å². The average Bonchev–Trinajstić information content (AvgIpc) is 2.49. The summed E-state index contributed by atoms with van der Waals surface area (Å²) < 4.78 is 10.1. The Balaban J connectivity index is 2.15. The molecule has 0 radical (unpaired) electrons. The first kappa shape index (κ1) is 14.8. The smallest absolute Gasteiger partial charge is 0.325 e. The largest absolute Gasteiger partial charge is 0.468 e. The van der Waals surface area contributed by atoms with Gasteiger partial charge in [0.1, 0.15) is 6.04 Å². The molecule has 6 heteroatoms. The fourth-order valence-corrected chi connectivity index (χ4v) is 2.38. The first-order valence-corrected chi connectivity index (χ1v) is 6.61. The fraction of sp³-hybridized carbons (Fsp3) is 0.429. The molecule has 106 valence electrons. The molecule has 0 aromatic heterocycles. The van der Waals surface area contributed by atoms with E-state index in [-0.39, 0.29) is 5.97 Å². The molecule has 0 N–H and O–H groups in total. The van der Waals surface area contributed by atoms with E-state index in [1.54, 1.807) is 12.1 Å². The van der Waals surface area contributed by atoms with Crippen molar-refractivity contribution in [3.63, 3.8) is 0 Å². The van der Waals surface area contributed by atoms with Gasteiger partial charge in [-0.2, -0.15) is 5.26 Å². The van der Waals surface area contributed by atoms with E-state index in [9.17, 15) is 4.79 Å². The number of carbonyl (C=O) groups is 1. The van der Waals surface area contributed by atoms with Crippen LogP contribution in [0.3, 0.4) is 0 Å². The van der Waals surface area contributed by atoms with Crippen LogP contribution in [0.5, 0.6) is 0 Å². The van der Waals surface area contributed by atoms with Crippen LogP contribution in [-0.4, -0.2) is 43.8 Å². The molecule has 1 aromatic carbocycles. The Morgan fingerprint density at radius 1 is 1.65 bits per heavy atom. The highest BCUT2D eigenvalue weighted by Crippen LogP contribution is 2.21. The SMILES string of the molecule is COC(=O)C1COCCN1Cc1ccc(C#N)cc1Cl. The molecule has 1 unspecified atom stereocenters. The molecule has 1 fully saturated rings. The van der Waals surface area contributed by atoms with Gasteiger partial charge in [0.2, 0.25) is 0 Å². The summed E-state index contributed by atoms with van der Waals surface area (Å²) in [6, 6.07) is 6.78. The Labute approximate surface area is 122 Å². The van der Waals surface area contributed by atoms with E-state index in [1.165, 1.54) is 7.11 Å². The Bertz CT molecular complexity index is 542. The molecule has 1 aliphatic rings. The van der Waals surface area contributed by atoms with Gasteiger partial charge in [-0.25, -0.2) is 0 Å². The molecule has 5 nitrogen and oxygen atoms in total. The summed E-state index contributed by atoms with van der Waals surface area (Å²) in [6.45, 7) is 2.05. The lowest BCUT2D eigenvalue weighted by Crippen LogP contribution is -2.49. The number of halogens is 1. The molecule has 20 heavy (non-hydrogen) atoms. The standard InChI is InChI=1S/C14H15ClN2O3/c1-19-14(18)13-9-20-5-4-17(13)8-11-3-2-10(7-16)6-12(11)15/h2-3,6,13H,4-5,8-9H2,1H3. The van der Waals surface area contributed by atoms with Crippen molar-refractivity contribution in [1.82, 2.24) is 4.90 Å². The van der Waals surface area contributed by atoms with Crippen molar-refractivity contribution >= 4 is 17.6 Å². The molecule has 1 aliphatic heterocycles. The van der Waals surface area contributed by atoms with Crippen LogP contribution in [0, 0.1) is 11.3 Å². The lowest BCUT2D eigenvalue weighted by Gasteiger charge is -2.33. The van der Waals surface area contributed by atoms with Gasteiger partial charge in [0.05, 0.1) is 32.0 Å². The lowest BCUT2D eigenvalue weighted by molar-refractivity contribution is -0.153. The van der Waals surface area contributed by atoms with Crippen molar-refractivity contribution < 1.29 is 14.3 Å². The number of morpholine rings is 1. The first-order chi connectivity index (χ1) is 9.65. The van der Waals surface area contributed by atoms with E-state index in [2.05, 4.69) is 0 Å². The monoisotopic (exact) mass is 294 g/mol. The third-order valence-electron chi connectivity index (χ3n) is 3.27. The van der Waals surface area contributed by atoms with E-state index in [4.69, 9.17) is 26.3 Å². The number of methoxy groups -OCH3 is 1. The van der Waals surface area contributed by atoms with Gasteiger partial charge >= 0.3 is 5.97 Å². The minimum absolute atomic E-state index is 0.311. The Morgan fingerprint density at radius 2 is 2.45 bits per heavy atom. The number of hydrogen-bond acceptors (Lipinski definition) is 5. The third-order valence-corrected chi connectivity index (χ3v) is 3.62. The number of ether oxygens (including phenoxy) is 2. The Kier molecular flexibility index (Phi) is 4.96. The van der Waals surface area contributed by atoms with Gasteiger partial charge in [0.25, 0.3) is 0 Å². The summed E-state index contributed by atoms with van der Waals surface area (Å²) in [5.74, 6) is -0.311. The number of benzene rings is 1. The highest BCUT2D eigenvalue weighted by molar-refractivity contribution is 6.31. The molecule has 0 aliphatic carbocycles. The van der Waals surface area contributed by atoms with E-state index in [0.29, 0.717) is 36.9 Å². The second-order valence-corrected chi connectivity index (χ2v) is 4.91. The molecule has 2 rings (SSSR count). The van der Waals surface area contributed by atoms with Gasteiger partial charge in [-0.3, -0.25) is 9.69 Å². The van der Waals surface area contributed by atoms with E-state index in [0.717, 1.165) is 5.56 Å². The van der Waals surface area contributed by atoms with E-state index in [1.807, 2.05) is 17.0 Å². The van der Waals surface area contributed by atoms with Crippen molar-refractivity contribution in [3.8, 4) is 6.07 Å². The summed E-state index contributed by atoms with van der Waals surface area (Å²) in [7, 11) is 1.36. The van der Waals surface area contributed by atoms with Crippen LogP contribution in [0.4, 0.5) is 0 Å². The number of esters is 1. The number of nitriles is 1. The first-order valence-electron chi connectivity index (χ1n) is 6.24. The predicted molar refractivity (Wildman–Crippen MR) is 73.2 cm³/mol. The van der Waals surface area contributed by atoms with Crippen LogP contribution in [0.25, 0.3) is 0 Å². The molecule has 0 spiro atoms. The number of carbonyl (C=O) groups excluding carboxylic acids is 1. The average molecular weight is 295 g/mol. The third kappa shape index (κ3) is 3.28. The zero-order valence-corrected chi connectivity index (χ0v) is 11.9. The van der Waals surface area contributed by atoms with Gasteiger partial charge in [-0.05, 0) is 17.7 Å². The van der Waals surface area contributed by atoms with Gasteiger partial charge < -0.3 is 9.47 Å². The molecule has 1 aromatic rings. The zero-order chi connectivity index (χ0) is 14.5. The molecule has 0 bridgehead atoms. The van der Waals surface area contributed by atoms with E-state index < -0.39 is 6.04 Å². The molecule has 1 atom stereocenters. The van der Waals surface area contributed by atoms with Crippen molar-refractivity contribution in [2.45, 2.75) is 12.6 Å². The van der Waals surface area contributed by atoms with Crippen LogP contribution in [-0.2, 0) is 20.8 Å². The van der Waals surface area contributed by atoms with Gasteiger partial charge in [0, 0.05) is 18.1 Å².